The Morgan fingerprint density at radius 2 is 1.79 bits per heavy atom. The summed E-state index contributed by atoms with van der Waals surface area (Å²) in [6.45, 7) is 6.46. The van der Waals surface area contributed by atoms with Crippen molar-refractivity contribution >= 4 is 32.6 Å². The van der Waals surface area contributed by atoms with Crippen LogP contribution >= 0.6 is 11.3 Å². The van der Waals surface area contributed by atoms with E-state index in [-0.39, 0.29) is 5.91 Å². The number of carbonyl (C=O) groups excluding carboxylic acids is 1. The van der Waals surface area contributed by atoms with E-state index in [0.717, 1.165) is 28.3 Å². The van der Waals surface area contributed by atoms with Gasteiger partial charge in [0.1, 0.15) is 17.0 Å². The number of para-hydroxylation sites is 1. The summed E-state index contributed by atoms with van der Waals surface area (Å²) in [6.07, 6.45) is 0. The van der Waals surface area contributed by atoms with Crippen LogP contribution in [0.5, 0.6) is 11.5 Å². The average Bonchev–Trinajstić information content (AvgIpc) is 3.14. The van der Waals surface area contributed by atoms with E-state index in [2.05, 4.69) is 14.1 Å². The average molecular weight is 415 g/mol. The first kappa shape index (κ1) is 21.1. The number of amides is 1. The minimum atomic E-state index is -0.0636. The van der Waals surface area contributed by atoms with Gasteiger partial charge in [0.25, 0.3) is 5.91 Å². The molecule has 0 spiro atoms. The van der Waals surface area contributed by atoms with Crippen molar-refractivity contribution in [1.82, 2.24) is 4.98 Å². The van der Waals surface area contributed by atoms with Gasteiger partial charge in [-0.3, -0.25) is 9.69 Å². The number of quaternary nitrogens is 1. The van der Waals surface area contributed by atoms with E-state index in [9.17, 15) is 4.79 Å². The van der Waals surface area contributed by atoms with Crippen molar-refractivity contribution in [3.05, 3.63) is 48.0 Å². The number of hydrogen-bond acceptors (Lipinski definition) is 5. The van der Waals surface area contributed by atoms with E-state index >= 15 is 0 Å². The predicted molar refractivity (Wildman–Crippen MR) is 118 cm³/mol. The van der Waals surface area contributed by atoms with Crippen molar-refractivity contribution in [2.45, 2.75) is 13.8 Å². The van der Waals surface area contributed by atoms with Crippen LogP contribution in [0.15, 0.2) is 42.5 Å². The maximum absolute atomic E-state index is 13.3. The Labute approximate surface area is 175 Å². The van der Waals surface area contributed by atoms with Crippen molar-refractivity contribution in [3.63, 3.8) is 0 Å². The molecule has 0 fully saturated rings. The predicted octanol–water partition coefficient (Wildman–Crippen LogP) is 2.89. The van der Waals surface area contributed by atoms with Gasteiger partial charge in [-0.25, -0.2) is 4.98 Å². The lowest BCUT2D eigenvalue weighted by Crippen LogP contribution is -3.06. The molecule has 0 saturated heterocycles. The molecule has 0 bridgehead atoms. The molecular weight excluding hydrogens is 386 g/mol. The summed E-state index contributed by atoms with van der Waals surface area (Å²) >= 11 is 1.51. The van der Waals surface area contributed by atoms with Crippen LogP contribution in [0.1, 0.15) is 24.2 Å². The largest absolute Gasteiger partial charge is 0.494 e. The third kappa shape index (κ3) is 5.05. The molecule has 154 valence electrons. The van der Waals surface area contributed by atoms with Crippen molar-refractivity contribution in [1.29, 1.82) is 0 Å². The van der Waals surface area contributed by atoms with Crippen molar-refractivity contribution in [3.8, 4) is 11.5 Å². The zero-order valence-electron chi connectivity index (χ0n) is 17.4. The first-order chi connectivity index (χ1) is 14.0. The van der Waals surface area contributed by atoms with Gasteiger partial charge in [-0.05, 0) is 50.2 Å². The fourth-order valence-corrected chi connectivity index (χ4v) is 3.94. The van der Waals surface area contributed by atoms with Gasteiger partial charge >= 0.3 is 0 Å². The van der Waals surface area contributed by atoms with Crippen LogP contribution < -0.4 is 19.3 Å². The zero-order chi connectivity index (χ0) is 20.8. The Kier molecular flexibility index (Phi) is 7.06. The quantitative estimate of drug-likeness (QED) is 0.585. The van der Waals surface area contributed by atoms with E-state index in [4.69, 9.17) is 14.5 Å². The summed E-state index contributed by atoms with van der Waals surface area (Å²) in [5.41, 5.74) is 1.42. The van der Waals surface area contributed by atoms with Gasteiger partial charge < -0.3 is 14.4 Å². The van der Waals surface area contributed by atoms with Crippen LogP contribution in [0.4, 0.5) is 5.13 Å². The molecule has 2 aromatic carbocycles. The molecule has 7 heteroatoms. The fourth-order valence-electron chi connectivity index (χ4n) is 2.93. The van der Waals surface area contributed by atoms with Crippen LogP contribution in [0, 0.1) is 0 Å². The van der Waals surface area contributed by atoms with Crippen molar-refractivity contribution in [2.24, 2.45) is 0 Å². The van der Waals surface area contributed by atoms with Gasteiger partial charge in [-0.1, -0.05) is 17.4 Å². The number of rotatable bonds is 9. The maximum Gasteiger partial charge on any atom is 0.260 e. The van der Waals surface area contributed by atoms with Gasteiger partial charge in [0, 0.05) is 5.56 Å². The Bertz CT molecular complexity index is 954. The molecule has 1 aromatic heterocycles. The second-order valence-corrected chi connectivity index (χ2v) is 7.91. The number of hydrogen-bond donors (Lipinski definition) is 1. The van der Waals surface area contributed by atoms with E-state index in [1.807, 2.05) is 56.3 Å². The summed E-state index contributed by atoms with van der Waals surface area (Å²) in [5, 5.41) is 0.687. The summed E-state index contributed by atoms with van der Waals surface area (Å²) in [4.78, 5) is 21.1. The summed E-state index contributed by atoms with van der Waals surface area (Å²) in [7, 11) is 4.15. The van der Waals surface area contributed by atoms with Crippen LogP contribution in [0.25, 0.3) is 10.2 Å². The van der Waals surface area contributed by atoms with Gasteiger partial charge in [0.15, 0.2) is 5.13 Å². The van der Waals surface area contributed by atoms with Crippen LogP contribution in [0.2, 0.25) is 0 Å². The van der Waals surface area contributed by atoms with Crippen molar-refractivity contribution in [2.75, 3.05) is 45.3 Å². The SMILES string of the molecule is CCOc1ccc(C(=O)N(CC[NH+](C)C)c2nc3c(OCC)cccc3s2)cc1. The highest BCUT2D eigenvalue weighted by atomic mass is 32.1. The highest BCUT2D eigenvalue weighted by Crippen LogP contribution is 2.34. The fraction of sp³-hybridized carbons (Fsp3) is 0.364. The number of carbonyl (C=O) groups is 1. The molecule has 0 aliphatic rings. The number of nitrogens with one attached hydrogen (secondary N) is 1. The lowest BCUT2D eigenvalue weighted by molar-refractivity contribution is -0.856. The summed E-state index contributed by atoms with van der Waals surface area (Å²) in [5.74, 6) is 1.44. The maximum atomic E-state index is 13.3. The molecule has 1 amide bonds. The second-order valence-electron chi connectivity index (χ2n) is 6.90. The third-order valence-electron chi connectivity index (χ3n) is 4.39. The standard InChI is InChI=1S/C22H27N3O3S/c1-5-27-17-12-10-16(11-13-17)21(26)25(15-14-24(3)4)22-23-20-18(28-6-2)8-7-9-19(20)29-22/h7-13H,5-6,14-15H2,1-4H3/p+1. The van der Waals surface area contributed by atoms with Gasteiger partial charge in [0.05, 0.1) is 45.1 Å². The second kappa shape index (κ2) is 9.71. The summed E-state index contributed by atoms with van der Waals surface area (Å²) in [6, 6.07) is 13.2. The molecule has 0 aliphatic heterocycles. The Morgan fingerprint density at radius 3 is 2.45 bits per heavy atom. The normalized spacial score (nSPS) is 11.1. The molecule has 6 nitrogen and oxygen atoms in total. The zero-order valence-corrected chi connectivity index (χ0v) is 18.2. The molecule has 0 aliphatic carbocycles. The van der Waals surface area contributed by atoms with E-state index < -0.39 is 0 Å². The lowest BCUT2D eigenvalue weighted by atomic mass is 10.2. The highest BCUT2D eigenvalue weighted by Gasteiger charge is 2.23. The molecule has 3 aromatic rings. The monoisotopic (exact) mass is 414 g/mol. The molecule has 0 saturated carbocycles. The van der Waals surface area contributed by atoms with E-state index in [1.54, 1.807) is 4.90 Å². The number of thiazole rings is 1. The topological polar surface area (TPSA) is 56.1 Å². The molecule has 29 heavy (non-hydrogen) atoms. The lowest BCUT2D eigenvalue weighted by Gasteiger charge is -2.21. The Balaban J connectivity index is 1.95. The first-order valence-corrected chi connectivity index (χ1v) is 10.7. The molecule has 0 unspecified atom stereocenters. The van der Waals surface area contributed by atoms with Crippen LogP contribution in [0.3, 0.4) is 0 Å². The number of aromatic nitrogens is 1. The summed E-state index contributed by atoms with van der Waals surface area (Å²) < 4.78 is 12.2. The molecule has 0 radical (unpaired) electrons. The Hall–Kier alpha value is -2.64. The number of benzene rings is 2. The molecule has 1 heterocycles. The number of likely N-dealkylation sites (N-methyl/N-ethyl adjacent to an activating group) is 1. The highest BCUT2D eigenvalue weighted by molar-refractivity contribution is 7.22. The Morgan fingerprint density at radius 1 is 1.07 bits per heavy atom. The number of anilines is 1. The molecule has 0 atom stereocenters. The van der Waals surface area contributed by atoms with Gasteiger partial charge in [0.2, 0.25) is 0 Å². The molecule has 1 N–H and O–H groups in total. The number of fused-ring (bicyclic) bond motifs is 1. The smallest absolute Gasteiger partial charge is 0.260 e. The molecular formula is C22H28N3O3S+. The first-order valence-electron chi connectivity index (χ1n) is 9.89. The van der Waals surface area contributed by atoms with Gasteiger partial charge in [-0.15, -0.1) is 0 Å². The minimum absolute atomic E-state index is 0.0636. The third-order valence-corrected chi connectivity index (χ3v) is 5.44. The van der Waals surface area contributed by atoms with E-state index in [0.29, 0.717) is 30.5 Å². The van der Waals surface area contributed by atoms with Crippen molar-refractivity contribution < 1.29 is 19.2 Å². The minimum Gasteiger partial charge on any atom is -0.494 e. The molecule has 3 rings (SSSR count). The van der Waals surface area contributed by atoms with Gasteiger partial charge in [-0.2, -0.15) is 0 Å². The van der Waals surface area contributed by atoms with E-state index in [1.165, 1.54) is 16.2 Å². The van der Waals surface area contributed by atoms with Crippen LogP contribution in [-0.2, 0) is 0 Å². The number of nitrogens with zero attached hydrogens (tertiary/aromatic N) is 2. The number of ether oxygens (including phenoxy) is 2. The van der Waals surface area contributed by atoms with Crippen LogP contribution in [-0.4, -0.2) is 51.3 Å².